The average Bonchev–Trinajstić information content (AvgIpc) is 2.47. The monoisotopic (exact) mass is 248 g/mol. The van der Waals surface area contributed by atoms with E-state index in [9.17, 15) is 4.79 Å². The highest BCUT2D eigenvalue weighted by Crippen LogP contribution is 2.31. The zero-order chi connectivity index (χ0) is 12.8. The van der Waals surface area contributed by atoms with Crippen molar-refractivity contribution in [2.24, 2.45) is 10.9 Å². The maximum atomic E-state index is 12.2. The first-order valence-electron chi connectivity index (χ1n) is 6.38. The van der Waals surface area contributed by atoms with E-state index < -0.39 is 0 Å². The van der Waals surface area contributed by atoms with Crippen molar-refractivity contribution in [1.82, 2.24) is 4.90 Å². The number of amidine groups is 1. The lowest BCUT2D eigenvalue weighted by Crippen LogP contribution is -2.48. The van der Waals surface area contributed by atoms with Gasteiger partial charge in [0, 0.05) is 11.8 Å². The number of benzene rings is 1. The fraction of sp³-hybridized carbons (Fsp3) is 0.125. The van der Waals surface area contributed by atoms with E-state index in [-0.39, 0.29) is 17.9 Å². The zero-order valence-electron chi connectivity index (χ0n) is 10.2. The molecular weight excluding hydrogens is 236 g/mol. The number of carbonyl (C=O) groups is 1. The molecule has 1 aliphatic carbocycles. The van der Waals surface area contributed by atoms with E-state index in [0.717, 1.165) is 17.0 Å². The summed E-state index contributed by atoms with van der Waals surface area (Å²) < 4.78 is 0. The summed E-state index contributed by atoms with van der Waals surface area (Å²) >= 11 is 0. The molecule has 3 heteroatoms. The minimum atomic E-state index is -0.163. The number of hydrogen-bond acceptors (Lipinski definition) is 2. The van der Waals surface area contributed by atoms with Crippen LogP contribution in [0.4, 0.5) is 0 Å². The van der Waals surface area contributed by atoms with Crippen LogP contribution >= 0.6 is 0 Å². The molecule has 2 heterocycles. The second kappa shape index (κ2) is 3.79. The van der Waals surface area contributed by atoms with Crippen LogP contribution in [0.5, 0.6) is 0 Å². The lowest BCUT2D eigenvalue weighted by Gasteiger charge is -2.39. The fourth-order valence-electron chi connectivity index (χ4n) is 2.84. The van der Waals surface area contributed by atoms with Gasteiger partial charge in [-0.1, -0.05) is 48.6 Å². The molecule has 0 saturated carbocycles. The molecule has 0 aromatic heterocycles. The molecule has 2 aliphatic heterocycles. The van der Waals surface area contributed by atoms with Crippen LogP contribution in [0, 0.1) is 5.92 Å². The predicted octanol–water partition coefficient (Wildman–Crippen LogP) is 2.37. The third kappa shape index (κ3) is 1.45. The summed E-state index contributed by atoms with van der Waals surface area (Å²) in [4.78, 5) is 18.6. The minimum Gasteiger partial charge on any atom is -0.324 e. The number of hydrogen-bond donors (Lipinski definition) is 0. The normalized spacial score (nSPS) is 26.6. The third-order valence-corrected chi connectivity index (χ3v) is 3.79. The van der Waals surface area contributed by atoms with Crippen LogP contribution in [0.15, 0.2) is 59.8 Å². The van der Waals surface area contributed by atoms with Gasteiger partial charge in [-0.2, -0.15) is 4.99 Å². The molecular formula is C16H12N2O. The Labute approximate surface area is 111 Å². The number of carbonyl (C=O) groups excluding carboxylic acids is 1. The highest BCUT2D eigenvalue weighted by atomic mass is 16.1. The topological polar surface area (TPSA) is 32.7 Å². The van der Waals surface area contributed by atoms with Gasteiger partial charge >= 0.3 is 0 Å². The summed E-state index contributed by atoms with van der Waals surface area (Å²) in [6, 6.07) is 8.08. The zero-order valence-corrected chi connectivity index (χ0v) is 10.2. The fourth-order valence-corrected chi connectivity index (χ4v) is 2.84. The van der Waals surface area contributed by atoms with Crippen molar-refractivity contribution < 1.29 is 4.79 Å². The molecule has 2 atom stereocenters. The Morgan fingerprint density at radius 3 is 2.89 bits per heavy atom. The van der Waals surface area contributed by atoms with Crippen LogP contribution in [0.25, 0.3) is 6.08 Å². The van der Waals surface area contributed by atoms with Gasteiger partial charge in [0.25, 0.3) is 5.91 Å². The molecule has 0 bridgehead atoms. The molecule has 0 saturated heterocycles. The molecule has 3 nitrogen and oxygen atoms in total. The number of fused-ring (bicyclic) bond motifs is 5. The van der Waals surface area contributed by atoms with Crippen molar-refractivity contribution in [3.8, 4) is 0 Å². The quantitative estimate of drug-likeness (QED) is 0.706. The van der Waals surface area contributed by atoms with Crippen molar-refractivity contribution in [2.45, 2.75) is 6.04 Å². The molecule has 4 rings (SSSR count). The number of aliphatic imine (C=N–C) groups is 1. The van der Waals surface area contributed by atoms with Crippen LogP contribution in [0.2, 0.25) is 0 Å². The van der Waals surface area contributed by atoms with Crippen LogP contribution < -0.4 is 0 Å². The summed E-state index contributed by atoms with van der Waals surface area (Å²) in [7, 11) is 0. The van der Waals surface area contributed by atoms with E-state index in [0.29, 0.717) is 0 Å². The van der Waals surface area contributed by atoms with Crippen molar-refractivity contribution in [3.63, 3.8) is 0 Å². The van der Waals surface area contributed by atoms with Crippen LogP contribution in [0.1, 0.15) is 11.1 Å². The van der Waals surface area contributed by atoms with E-state index in [4.69, 9.17) is 0 Å². The Morgan fingerprint density at radius 2 is 1.95 bits per heavy atom. The van der Waals surface area contributed by atoms with Gasteiger partial charge in [-0.25, -0.2) is 0 Å². The van der Waals surface area contributed by atoms with Crippen molar-refractivity contribution in [2.75, 3.05) is 0 Å². The van der Waals surface area contributed by atoms with Crippen LogP contribution in [-0.4, -0.2) is 22.7 Å². The Hall–Kier alpha value is -2.42. The summed E-state index contributed by atoms with van der Waals surface area (Å²) in [5.74, 6) is 0.551. The van der Waals surface area contributed by atoms with E-state index in [1.54, 1.807) is 0 Å². The molecule has 92 valence electrons. The SMILES string of the molecule is O=C1N=C2c3ccccc3C=CN2C2C=CC=CC12. The maximum absolute atomic E-state index is 12.2. The smallest absolute Gasteiger partial charge is 0.257 e. The van der Waals surface area contributed by atoms with Gasteiger partial charge in [0.15, 0.2) is 0 Å². The second-order valence-electron chi connectivity index (χ2n) is 4.87. The molecule has 2 unspecified atom stereocenters. The third-order valence-electron chi connectivity index (χ3n) is 3.79. The molecule has 19 heavy (non-hydrogen) atoms. The van der Waals surface area contributed by atoms with Gasteiger partial charge in [-0.05, 0) is 11.6 Å². The number of nitrogens with zero attached hydrogens (tertiary/aromatic N) is 2. The minimum absolute atomic E-state index is 0.0506. The van der Waals surface area contributed by atoms with Gasteiger partial charge in [-0.3, -0.25) is 4.79 Å². The van der Waals surface area contributed by atoms with E-state index in [2.05, 4.69) is 22.0 Å². The molecule has 1 aromatic carbocycles. The average molecular weight is 248 g/mol. The number of amides is 1. The molecule has 3 aliphatic rings. The molecule has 0 spiro atoms. The van der Waals surface area contributed by atoms with Gasteiger partial charge in [-0.15, -0.1) is 0 Å². The van der Waals surface area contributed by atoms with Gasteiger partial charge in [0.1, 0.15) is 5.84 Å². The van der Waals surface area contributed by atoms with Crippen molar-refractivity contribution >= 4 is 17.8 Å². The molecule has 0 N–H and O–H groups in total. The Bertz CT molecular complexity index is 682. The first-order chi connectivity index (χ1) is 9.34. The Kier molecular flexibility index (Phi) is 2.09. The van der Waals surface area contributed by atoms with Crippen LogP contribution in [-0.2, 0) is 4.79 Å². The van der Waals surface area contributed by atoms with E-state index in [1.165, 1.54) is 0 Å². The van der Waals surface area contributed by atoms with Crippen LogP contribution in [0.3, 0.4) is 0 Å². The number of allylic oxidation sites excluding steroid dienone is 2. The second-order valence-corrected chi connectivity index (χ2v) is 4.87. The largest absolute Gasteiger partial charge is 0.324 e. The molecule has 0 fully saturated rings. The summed E-state index contributed by atoms with van der Waals surface area (Å²) in [6.45, 7) is 0. The lowest BCUT2D eigenvalue weighted by molar-refractivity contribution is -0.121. The summed E-state index contributed by atoms with van der Waals surface area (Å²) in [6.07, 6.45) is 12.0. The summed E-state index contributed by atoms with van der Waals surface area (Å²) in [5.41, 5.74) is 2.14. The predicted molar refractivity (Wildman–Crippen MR) is 74.4 cm³/mol. The lowest BCUT2D eigenvalue weighted by atomic mass is 9.89. The first-order valence-corrected chi connectivity index (χ1v) is 6.38. The van der Waals surface area contributed by atoms with Gasteiger partial charge in [0.05, 0.1) is 12.0 Å². The highest BCUT2D eigenvalue weighted by molar-refractivity contribution is 6.11. The first kappa shape index (κ1) is 10.5. The molecule has 1 amide bonds. The van der Waals surface area contributed by atoms with E-state index >= 15 is 0 Å². The molecule has 1 aromatic rings. The molecule has 0 radical (unpaired) electrons. The summed E-state index contributed by atoms with van der Waals surface area (Å²) in [5, 5.41) is 0. The number of rotatable bonds is 0. The Balaban J connectivity index is 1.90. The van der Waals surface area contributed by atoms with Crippen molar-refractivity contribution in [3.05, 3.63) is 65.9 Å². The van der Waals surface area contributed by atoms with Gasteiger partial charge < -0.3 is 4.90 Å². The van der Waals surface area contributed by atoms with Gasteiger partial charge in [0.2, 0.25) is 0 Å². The highest BCUT2D eigenvalue weighted by Gasteiger charge is 2.37. The standard InChI is InChI=1S/C16H12N2O/c19-16-13-7-3-4-8-14(13)18-10-9-11-5-1-2-6-12(11)15(18)17-16/h1-10,13-14H. The van der Waals surface area contributed by atoms with Crippen molar-refractivity contribution in [1.29, 1.82) is 0 Å². The Morgan fingerprint density at radius 1 is 1.11 bits per heavy atom. The van der Waals surface area contributed by atoms with E-state index in [1.807, 2.05) is 48.7 Å². The maximum Gasteiger partial charge on any atom is 0.257 e.